The van der Waals surface area contributed by atoms with Gasteiger partial charge in [0.2, 0.25) is 0 Å². The monoisotopic (exact) mass is 308 g/mol. The van der Waals surface area contributed by atoms with Crippen molar-refractivity contribution < 1.29 is 0 Å². The fourth-order valence-corrected chi connectivity index (χ4v) is 2.39. The van der Waals surface area contributed by atoms with Gasteiger partial charge in [0.1, 0.15) is 6.07 Å². The number of anilines is 1. The Labute approximate surface area is 119 Å². The van der Waals surface area contributed by atoms with Crippen LogP contribution in [-0.2, 0) is 0 Å². The first-order valence-corrected chi connectivity index (χ1v) is 7.44. The van der Waals surface area contributed by atoms with E-state index in [0.29, 0.717) is 5.56 Å². The molecule has 2 nitrogen and oxygen atoms in total. The van der Waals surface area contributed by atoms with E-state index in [-0.39, 0.29) is 0 Å². The van der Waals surface area contributed by atoms with Gasteiger partial charge < -0.3 is 5.32 Å². The summed E-state index contributed by atoms with van der Waals surface area (Å²) < 4.78 is 0.858. The third-order valence-electron chi connectivity index (χ3n) is 3.23. The van der Waals surface area contributed by atoms with Crippen LogP contribution in [0.1, 0.15) is 45.1 Å². The first-order valence-electron chi connectivity index (χ1n) is 6.64. The fraction of sp³-hybridized carbons (Fsp3) is 0.533. The number of rotatable bonds is 7. The predicted molar refractivity (Wildman–Crippen MR) is 80.7 cm³/mol. The minimum Gasteiger partial charge on any atom is -0.385 e. The fourth-order valence-electron chi connectivity index (χ4n) is 1.92. The summed E-state index contributed by atoms with van der Waals surface area (Å²) in [5.41, 5.74) is 1.76. The SMILES string of the molecule is CCCCC(CC)CNc1ccc(C#N)c(Br)c1. The second kappa shape index (κ2) is 8.16. The molecule has 0 fully saturated rings. The molecule has 18 heavy (non-hydrogen) atoms. The first-order chi connectivity index (χ1) is 8.71. The van der Waals surface area contributed by atoms with Crippen molar-refractivity contribution in [2.75, 3.05) is 11.9 Å². The zero-order chi connectivity index (χ0) is 13.4. The van der Waals surface area contributed by atoms with Crippen LogP contribution < -0.4 is 5.32 Å². The summed E-state index contributed by atoms with van der Waals surface area (Å²) in [4.78, 5) is 0. The van der Waals surface area contributed by atoms with Crippen LogP contribution in [0, 0.1) is 17.2 Å². The van der Waals surface area contributed by atoms with Crippen LogP contribution in [-0.4, -0.2) is 6.54 Å². The molecule has 1 aromatic carbocycles. The third kappa shape index (κ3) is 4.70. The Morgan fingerprint density at radius 1 is 1.39 bits per heavy atom. The molecule has 0 aliphatic heterocycles. The van der Waals surface area contributed by atoms with Crippen molar-refractivity contribution in [1.29, 1.82) is 5.26 Å². The molecule has 0 saturated carbocycles. The standard InChI is InChI=1S/C15H21BrN2/c1-3-5-6-12(4-2)11-18-14-8-7-13(10-17)15(16)9-14/h7-9,12,18H,3-6,11H2,1-2H3. The third-order valence-corrected chi connectivity index (χ3v) is 3.88. The maximum absolute atomic E-state index is 8.86. The number of nitrogens with one attached hydrogen (secondary N) is 1. The molecule has 1 N–H and O–H groups in total. The lowest BCUT2D eigenvalue weighted by atomic mass is 9.99. The molecule has 1 unspecified atom stereocenters. The number of hydrogen-bond acceptors (Lipinski definition) is 2. The molecule has 0 aliphatic rings. The molecule has 3 heteroatoms. The van der Waals surface area contributed by atoms with Crippen LogP contribution in [0.3, 0.4) is 0 Å². The lowest BCUT2D eigenvalue weighted by molar-refractivity contribution is 0.473. The van der Waals surface area contributed by atoms with Crippen molar-refractivity contribution in [3.8, 4) is 6.07 Å². The molecular formula is C15H21BrN2. The summed E-state index contributed by atoms with van der Waals surface area (Å²) in [5, 5.41) is 12.3. The van der Waals surface area contributed by atoms with Crippen molar-refractivity contribution in [2.24, 2.45) is 5.92 Å². The Bertz CT molecular complexity index is 409. The number of nitriles is 1. The highest BCUT2D eigenvalue weighted by molar-refractivity contribution is 9.10. The van der Waals surface area contributed by atoms with Crippen LogP contribution in [0.5, 0.6) is 0 Å². The summed E-state index contributed by atoms with van der Waals surface area (Å²) in [6, 6.07) is 7.94. The summed E-state index contributed by atoms with van der Waals surface area (Å²) >= 11 is 3.41. The van der Waals surface area contributed by atoms with Gasteiger partial charge >= 0.3 is 0 Å². The molecule has 0 aliphatic carbocycles. The van der Waals surface area contributed by atoms with E-state index in [4.69, 9.17) is 5.26 Å². The molecule has 0 bridgehead atoms. The van der Waals surface area contributed by atoms with Crippen molar-refractivity contribution >= 4 is 21.6 Å². The van der Waals surface area contributed by atoms with Crippen LogP contribution in [0.2, 0.25) is 0 Å². The number of benzene rings is 1. The molecule has 98 valence electrons. The Kier molecular flexibility index (Phi) is 6.82. The average Bonchev–Trinajstić information content (AvgIpc) is 2.39. The van der Waals surface area contributed by atoms with E-state index in [0.717, 1.165) is 22.6 Å². The largest absolute Gasteiger partial charge is 0.385 e. The molecule has 0 spiro atoms. The smallest absolute Gasteiger partial charge is 0.100 e. The normalized spacial score (nSPS) is 11.9. The maximum atomic E-state index is 8.86. The van der Waals surface area contributed by atoms with E-state index >= 15 is 0 Å². The topological polar surface area (TPSA) is 35.8 Å². The van der Waals surface area contributed by atoms with Gasteiger partial charge in [-0.15, -0.1) is 0 Å². The zero-order valence-electron chi connectivity index (χ0n) is 11.2. The van der Waals surface area contributed by atoms with E-state index in [1.165, 1.54) is 25.7 Å². The van der Waals surface area contributed by atoms with Gasteiger partial charge in [-0.2, -0.15) is 5.26 Å². The Hall–Kier alpha value is -1.01. The summed E-state index contributed by atoms with van der Waals surface area (Å²) in [5.74, 6) is 0.736. The lowest BCUT2D eigenvalue weighted by Crippen LogP contribution is -2.13. The highest BCUT2D eigenvalue weighted by atomic mass is 79.9. The van der Waals surface area contributed by atoms with E-state index in [9.17, 15) is 0 Å². The van der Waals surface area contributed by atoms with Crippen molar-refractivity contribution in [3.05, 3.63) is 28.2 Å². The molecule has 0 aromatic heterocycles. The van der Waals surface area contributed by atoms with Crippen LogP contribution in [0.15, 0.2) is 22.7 Å². The van der Waals surface area contributed by atoms with Crippen LogP contribution >= 0.6 is 15.9 Å². The highest BCUT2D eigenvalue weighted by Crippen LogP contribution is 2.21. The molecule has 1 aromatic rings. The van der Waals surface area contributed by atoms with Gasteiger partial charge in [0.15, 0.2) is 0 Å². The van der Waals surface area contributed by atoms with Gasteiger partial charge in [-0.1, -0.05) is 33.1 Å². The van der Waals surface area contributed by atoms with Crippen molar-refractivity contribution in [1.82, 2.24) is 0 Å². The quantitative estimate of drug-likeness (QED) is 0.773. The summed E-state index contributed by atoms with van der Waals surface area (Å²) in [6.45, 7) is 5.49. The lowest BCUT2D eigenvalue weighted by Gasteiger charge is -2.16. The van der Waals surface area contributed by atoms with Gasteiger partial charge in [-0.25, -0.2) is 0 Å². The van der Waals surface area contributed by atoms with Gasteiger partial charge in [0.25, 0.3) is 0 Å². The Morgan fingerprint density at radius 2 is 2.17 bits per heavy atom. The van der Waals surface area contributed by atoms with E-state index in [1.807, 2.05) is 18.2 Å². The zero-order valence-corrected chi connectivity index (χ0v) is 12.8. The predicted octanol–water partition coefficient (Wildman–Crippen LogP) is 4.95. The number of unbranched alkanes of at least 4 members (excludes halogenated alkanes) is 1. The van der Waals surface area contributed by atoms with Gasteiger partial charge in [0, 0.05) is 16.7 Å². The molecular weight excluding hydrogens is 288 g/mol. The Morgan fingerprint density at radius 3 is 2.72 bits per heavy atom. The summed E-state index contributed by atoms with van der Waals surface area (Å²) in [6.07, 6.45) is 5.07. The van der Waals surface area contributed by atoms with E-state index in [1.54, 1.807) is 0 Å². The molecule has 0 radical (unpaired) electrons. The second-order valence-corrected chi connectivity index (χ2v) is 5.46. The molecule has 0 heterocycles. The van der Waals surface area contributed by atoms with Crippen LogP contribution in [0.4, 0.5) is 5.69 Å². The second-order valence-electron chi connectivity index (χ2n) is 4.60. The van der Waals surface area contributed by atoms with E-state index in [2.05, 4.69) is 41.2 Å². The number of nitrogens with zero attached hydrogens (tertiary/aromatic N) is 1. The maximum Gasteiger partial charge on any atom is 0.100 e. The van der Waals surface area contributed by atoms with Crippen LogP contribution in [0.25, 0.3) is 0 Å². The van der Waals surface area contributed by atoms with Gasteiger partial charge in [-0.3, -0.25) is 0 Å². The Balaban J connectivity index is 2.52. The minimum absolute atomic E-state index is 0.679. The van der Waals surface area contributed by atoms with E-state index < -0.39 is 0 Å². The van der Waals surface area contributed by atoms with Gasteiger partial charge in [0.05, 0.1) is 5.56 Å². The molecule has 0 saturated heterocycles. The summed E-state index contributed by atoms with van der Waals surface area (Å²) in [7, 11) is 0. The first kappa shape index (κ1) is 15.0. The molecule has 1 rings (SSSR count). The highest BCUT2D eigenvalue weighted by Gasteiger charge is 2.06. The molecule has 0 amide bonds. The van der Waals surface area contributed by atoms with Gasteiger partial charge in [-0.05, 0) is 46.5 Å². The van der Waals surface area contributed by atoms with Crippen molar-refractivity contribution in [3.63, 3.8) is 0 Å². The number of halogens is 1. The minimum atomic E-state index is 0.679. The average molecular weight is 309 g/mol. The number of hydrogen-bond donors (Lipinski definition) is 1. The molecule has 1 atom stereocenters. The van der Waals surface area contributed by atoms with Crippen molar-refractivity contribution in [2.45, 2.75) is 39.5 Å².